The molecule has 2 aliphatic rings. The molecule has 3 aromatic carbocycles. The lowest BCUT2D eigenvalue weighted by molar-refractivity contribution is -0.142. The Hall–Kier alpha value is -6.66. The van der Waals surface area contributed by atoms with Gasteiger partial charge in [0.1, 0.15) is 24.2 Å². The summed E-state index contributed by atoms with van der Waals surface area (Å²) in [5.41, 5.74) is 2.02. The van der Waals surface area contributed by atoms with E-state index in [-0.39, 0.29) is 72.8 Å². The first kappa shape index (κ1) is 54.3. The van der Waals surface area contributed by atoms with Gasteiger partial charge in [0, 0.05) is 36.3 Å². The quantitative estimate of drug-likeness (QED) is 0.0823. The molecule has 10 atom stereocenters. The van der Waals surface area contributed by atoms with Gasteiger partial charge in [-0.15, -0.1) is 0 Å². The Morgan fingerprint density at radius 1 is 0.486 bits per heavy atom. The molecule has 0 spiro atoms. The van der Waals surface area contributed by atoms with Crippen molar-refractivity contribution in [2.45, 2.75) is 129 Å². The summed E-state index contributed by atoms with van der Waals surface area (Å²) in [4.78, 5) is 113. The highest BCUT2D eigenvalue weighted by Crippen LogP contribution is 2.26. The molecule has 0 bridgehead atoms. The second kappa shape index (κ2) is 24.8. The number of hydrogen-bond donors (Lipinski definition) is 8. The Morgan fingerprint density at radius 3 is 1.17 bits per heavy atom. The predicted octanol–water partition coefficient (Wildman–Crippen LogP) is 2.34. The fourth-order valence-electron chi connectivity index (χ4n) is 8.68. The summed E-state index contributed by atoms with van der Waals surface area (Å²) in [7, 11) is 3.28. The summed E-state index contributed by atoms with van der Waals surface area (Å²) < 4.78 is 0. The zero-order valence-corrected chi connectivity index (χ0v) is 42.0. The van der Waals surface area contributed by atoms with Crippen LogP contribution in [0.1, 0.15) is 112 Å². The van der Waals surface area contributed by atoms with Gasteiger partial charge in [0.2, 0.25) is 35.4 Å². The van der Waals surface area contributed by atoms with Gasteiger partial charge in [0.15, 0.2) is 0 Å². The first-order valence-corrected chi connectivity index (χ1v) is 24.2. The van der Waals surface area contributed by atoms with E-state index in [0.29, 0.717) is 0 Å². The number of benzene rings is 3. The maximum absolute atomic E-state index is 14.3. The minimum absolute atomic E-state index is 0.0190. The van der Waals surface area contributed by atoms with Gasteiger partial charge < -0.3 is 52.3 Å². The summed E-state index contributed by atoms with van der Waals surface area (Å²) in [6.07, 6.45) is 0.171. The Labute approximate surface area is 411 Å². The molecule has 18 nitrogen and oxygen atoms in total. The van der Waals surface area contributed by atoms with Gasteiger partial charge in [-0.05, 0) is 95.8 Å². The van der Waals surface area contributed by atoms with Crippen molar-refractivity contribution < 1.29 is 38.4 Å². The third-order valence-corrected chi connectivity index (χ3v) is 13.3. The topological polar surface area (TPSA) is 239 Å². The molecule has 2 heterocycles. The fourth-order valence-corrected chi connectivity index (χ4v) is 8.68. The number of likely N-dealkylation sites (tertiary alicyclic amines) is 2. The molecule has 18 heteroatoms. The number of amides is 8. The SMILES string of the molecule is CN[C@@H](C)C(=O)N[C@H](C(=O)N1C[C@@H](NC(=O)c2cccc(C(=O)N[C@H]3C[C@@H](C(=O)N[C@H](C)c4ccccc4)N(C(=O)[C@@H](NC(=O)[C@H](C)NC)C(C)C)C3)c2)C[C@H]1C(=O)N[C@H](C)c1ccccc1)C(C)C. The summed E-state index contributed by atoms with van der Waals surface area (Å²) >= 11 is 0. The van der Waals surface area contributed by atoms with Gasteiger partial charge in [0.05, 0.1) is 24.2 Å². The van der Waals surface area contributed by atoms with Gasteiger partial charge in [-0.25, -0.2) is 0 Å². The Bertz CT molecular complexity index is 2170. The highest BCUT2D eigenvalue weighted by Gasteiger charge is 2.45. The number of rotatable bonds is 20. The van der Waals surface area contributed by atoms with Crippen molar-refractivity contribution in [3.05, 3.63) is 107 Å². The first-order chi connectivity index (χ1) is 33.2. The molecule has 5 rings (SSSR count). The molecule has 8 amide bonds. The number of likely N-dealkylation sites (N-methyl/N-ethyl adjacent to an activating group) is 2. The van der Waals surface area contributed by atoms with E-state index in [1.807, 2.05) is 74.5 Å². The number of carbonyl (C=O) groups is 8. The maximum atomic E-state index is 14.3. The van der Waals surface area contributed by atoms with Gasteiger partial charge >= 0.3 is 0 Å². The highest BCUT2D eigenvalue weighted by molar-refractivity contribution is 6.01. The molecule has 2 fully saturated rings. The summed E-state index contributed by atoms with van der Waals surface area (Å²) in [5.74, 6) is -4.24. The molecule has 3 aromatic rings. The van der Waals surface area contributed by atoms with E-state index in [0.717, 1.165) is 11.1 Å². The van der Waals surface area contributed by atoms with Gasteiger partial charge in [-0.2, -0.15) is 0 Å². The van der Waals surface area contributed by atoms with Crippen molar-refractivity contribution in [3.63, 3.8) is 0 Å². The Morgan fingerprint density at radius 2 is 0.843 bits per heavy atom. The van der Waals surface area contributed by atoms with Crippen molar-refractivity contribution >= 4 is 47.3 Å². The second-order valence-corrected chi connectivity index (χ2v) is 19.2. The van der Waals surface area contributed by atoms with Gasteiger partial charge in [-0.3, -0.25) is 38.4 Å². The minimum atomic E-state index is -0.977. The molecular formula is C52H72N10O8. The third kappa shape index (κ3) is 13.8. The molecule has 2 saturated heterocycles. The predicted molar refractivity (Wildman–Crippen MR) is 266 cm³/mol. The number of nitrogens with one attached hydrogen (secondary N) is 8. The largest absolute Gasteiger partial charge is 0.348 e. The van der Waals surface area contributed by atoms with E-state index in [2.05, 4.69) is 42.5 Å². The average Bonchev–Trinajstić information content (AvgIpc) is 3.98. The lowest BCUT2D eigenvalue weighted by Gasteiger charge is -2.31. The van der Waals surface area contributed by atoms with Crippen LogP contribution in [0, 0.1) is 11.8 Å². The molecule has 0 aliphatic carbocycles. The molecule has 378 valence electrons. The van der Waals surface area contributed by atoms with Crippen molar-refractivity contribution in [3.8, 4) is 0 Å². The first-order valence-electron chi connectivity index (χ1n) is 24.2. The van der Waals surface area contributed by atoms with E-state index < -0.39 is 83.8 Å². The smallest absolute Gasteiger partial charge is 0.251 e. The minimum Gasteiger partial charge on any atom is -0.348 e. The van der Waals surface area contributed by atoms with Crippen molar-refractivity contribution in [2.75, 3.05) is 27.2 Å². The molecule has 0 unspecified atom stereocenters. The molecule has 0 aromatic heterocycles. The molecule has 70 heavy (non-hydrogen) atoms. The lowest BCUT2D eigenvalue weighted by atomic mass is 10.0. The average molecular weight is 965 g/mol. The van der Waals surface area contributed by atoms with Crippen molar-refractivity contribution in [1.82, 2.24) is 52.3 Å². The van der Waals surface area contributed by atoms with Crippen LogP contribution < -0.4 is 42.5 Å². The molecule has 8 N–H and O–H groups in total. The van der Waals surface area contributed by atoms with Crippen molar-refractivity contribution in [1.29, 1.82) is 0 Å². The summed E-state index contributed by atoms with van der Waals surface area (Å²) in [5, 5.41) is 23.4. The van der Waals surface area contributed by atoms with Crippen LogP contribution in [-0.2, 0) is 28.8 Å². The van der Waals surface area contributed by atoms with Crippen LogP contribution >= 0.6 is 0 Å². The Kier molecular flexibility index (Phi) is 19.2. The van der Waals surface area contributed by atoms with E-state index in [1.165, 1.54) is 15.9 Å². The van der Waals surface area contributed by atoms with E-state index in [4.69, 9.17) is 0 Å². The van der Waals surface area contributed by atoms with Crippen LogP contribution in [0.4, 0.5) is 0 Å². The normalized spacial score (nSPS) is 20.3. The zero-order chi connectivity index (χ0) is 51.4. The zero-order valence-electron chi connectivity index (χ0n) is 42.0. The molecule has 2 aliphatic heterocycles. The Balaban J connectivity index is 1.33. The lowest BCUT2D eigenvalue weighted by Crippen LogP contribution is -2.57. The van der Waals surface area contributed by atoms with Gasteiger partial charge in [0.25, 0.3) is 11.8 Å². The summed E-state index contributed by atoms with van der Waals surface area (Å²) in [6.45, 7) is 14.2. The van der Waals surface area contributed by atoms with Crippen LogP contribution in [0.25, 0.3) is 0 Å². The van der Waals surface area contributed by atoms with E-state index >= 15 is 0 Å². The number of nitrogens with zero attached hydrogens (tertiary/aromatic N) is 2. The van der Waals surface area contributed by atoms with E-state index in [9.17, 15) is 38.4 Å². The maximum Gasteiger partial charge on any atom is 0.251 e. The summed E-state index contributed by atoms with van der Waals surface area (Å²) in [6, 6.07) is 17.7. The standard InChI is InChI=1S/C52H72N10O8/c1-29(2)43(59-45(63)33(7)53-9)51(69)61-27-39(25-41(61)49(67)55-31(5)35-18-13-11-14-19-35)57-47(65)37-22-17-23-38(24-37)48(66)58-40-26-42(50(68)56-32(6)36-20-15-12-16-21-36)62(28-40)52(70)44(30(3)4)60-46(64)34(8)54-10/h11-24,29-34,39-44,53-54H,25-28H2,1-10H3,(H,55,67)(H,56,68)(H,57,65)(H,58,66)(H,59,63)(H,60,64)/t31-,32-,33+,34+,39+,40+,41+,42+,43+,44+/m1/s1. The van der Waals surface area contributed by atoms with Crippen LogP contribution in [-0.4, -0.2) is 133 Å². The fraction of sp³-hybridized carbons (Fsp3) is 0.500. The highest BCUT2D eigenvalue weighted by atomic mass is 16.2. The second-order valence-electron chi connectivity index (χ2n) is 19.2. The van der Waals surface area contributed by atoms with Crippen LogP contribution in [0.15, 0.2) is 84.9 Å². The van der Waals surface area contributed by atoms with Crippen LogP contribution in [0.3, 0.4) is 0 Å². The molecular weight excluding hydrogens is 893 g/mol. The number of carbonyl (C=O) groups excluding carboxylic acids is 8. The van der Waals surface area contributed by atoms with Crippen LogP contribution in [0.2, 0.25) is 0 Å². The molecule has 0 radical (unpaired) electrons. The monoisotopic (exact) mass is 965 g/mol. The van der Waals surface area contributed by atoms with Crippen LogP contribution in [0.5, 0.6) is 0 Å². The van der Waals surface area contributed by atoms with Gasteiger partial charge in [-0.1, -0.05) is 94.4 Å². The van der Waals surface area contributed by atoms with Crippen molar-refractivity contribution in [2.24, 2.45) is 11.8 Å². The van der Waals surface area contributed by atoms with E-state index in [1.54, 1.807) is 73.8 Å². The third-order valence-electron chi connectivity index (χ3n) is 13.3. The number of hydrogen-bond acceptors (Lipinski definition) is 10. The molecule has 0 saturated carbocycles.